The molecule has 0 amide bonds. The summed E-state index contributed by atoms with van der Waals surface area (Å²) in [4.78, 5) is 22.9. The van der Waals surface area contributed by atoms with E-state index in [1.165, 1.54) is 6.07 Å². The number of hydrogen-bond donors (Lipinski definition) is 1. The van der Waals surface area contributed by atoms with Crippen LogP contribution in [0, 0.1) is 10.1 Å². The van der Waals surface area contributed by atoms with Crippen LogP contribution >= 0.6 is 0 Å². The minimum atomic E-state index is -1.14. The molecule has 1 aliphatic heterocycles. The molecule has 0 atom stereocenters. The number of aromatic carboxylic acids is 1. The molecule has 16 heavy (non-hydrogen) atoms. The minimum Gasteiger partial charge on any atom is -0.478 e. The second-order valence-electron chi connectivity index (χ2n) is 3.74. The van der Waals surface area contributed by atoms with E-state index >= 15 is 0 Å². The van der Waals surface area contributed by atoms with Crippen LogP contribution in [0.4, 0.5) is 11.4 Å². The predicted molar refractivity (Wildman–Crippen MR) is 57.0 cm³/mol. The van der Waals surface area contributed by atoms with Crippen LogP contribution in [0.5, 0.6) is 0 Å². The second-order valence-corrected chi connectivity index (χ2v) is 3.74. The van der Waals surface area contributed by atoms with Crippen LogP contribution in [0.15, 0.2) is 12.1 Å². The number of rotatable bonds is 2. The van der Waals surface area contributed by atoms with E-state index in [9.17, 15) is 14.9 Å². The van der Waals surface area contributed by atoms with Gasteiger partial charge in [0.15, 0.2) is 0 Å². The molecule has 6 nitrogen and oxygen atoms in total. The van der Waals surface area contributed by atoms with E-state index in [2.05, 4.69) is 0 Å². The van der Waals surface area contributed by atoms with E-state index in [-0.39, 0.29) is 11.3 Å². The van der Waals surface area contributed by atoms with Gasteiger partial charge in [0.05, 0.1) is 10.5 Å². The molecule has 0 fully saturated rings. The molecule has 1 heterocycles. The fraction of sp³-hybridized carbons (Fsp3) is 0.300. The van der Waals surface area contributed by atoms with E-state index in [0.717, 1.165) is 11.6 Å². The molecular weight excluding hydrogens is 212 g/mol. The molecule has 2 rings (SSSR count). The van der Waals surface area contributed by atoms with Crippen molar-refractivity contribution in [2.75, 3.05) is 18.5 Å². The van der Waals surface area contributed by atoms with Crippen molar-refractivity contribution < 1.29 is 14.8 Å². The van der Waals surface area contributed by atoms with E-state index < -0.39 is 10.9 Å². The van der Waals surface area contributed by atoms with Crippen LogP contribution in [-0.4, -0.2) is 29.6 Å². The summed E-state index contributed by atoms with van der Waals surface area (Å²) in [5.41, 5.74) is 1.11. The lowest BCUT2D eigenvalue weighted by molar-refractivity contribution is -0.384. The molecule has 0 aliphatic carbocycles. The Morgan fingerprint density at radius 3 is 2.81 bits per heavy atom. The number of carboxylic acids is 1. The van der Waals surface area contributed by atoms with Gasteiger partial charge in [-0.25, -0.2) is 4.79 Å². The lowest BCUT2D eigenvalue weighted by Crippen LogP contribution is -2.14. The number of benzene rings is 1. The van der Waals surface area contributed by atoms with Gasteiger partial charge in [-0.15, -0.1) is 0 Å². The van der Waals surface area contributed by atoms with Crippen molar-refractivity contribution in [2.45, 2.75) is 6.42 Å². The number of nitrogens with zero attached hydrogens (tertiary/aromatic N) is 2. The summed E-state index contributed by atoms with van der Waals surface area (Å²) in [5.74, 6) is -1.14. The van der Waals surface area contributed by atoms with E-state index in [1.807, 2.05) is 0 Å². The fourth-order valence-corrected chi connectivity index (χ4v) is 1.97. The molecule has 0 radical (unpaired) electrons. The predicted octanol–water partition coefficient (Wildman–Crippen LogP) is 1.29. The highest BCUT2D eigenvalue weighted by Crippen LogP contribution is 2.37. The number of likely N-dealkylation sites (N-methyl/N-ethyl adjacent to an activating group) is 1. The van der Waals surface area contributed by atoms with Crippen LogP contribution in [0.25, 0.3) is 0 Å². The molecule has 84 valence electrons. The highest BCUT2D eigenvalue weighted by Gasteiger charge is 2.28. The molecule has 0 spiro atoms. The van der Waals surface area contributed by atoms with Crippen molar-refractivity contribution in [1.29, 1.82) is 0 Å². The van der Waals surface area contributed by atoms with Crippen LogP contribution in [0.1, 0.15) is 15.9 Å². The van der Waals surface area contributed by atoms with Gasteiger partial charge >= 0.3 is 5.97 Å². The normalized spacial score (nSPS) is 13.7. The molecule has 6 heteroatoms. The highest BCUT2D eigenvalue weighted by molar-refractivity contribution is 5.91. The number of nitro benzene ring substituents is 1. The maximum Gasteiger partial charge on any atom is 0.335 e. The van der Waals surface area contributed by atoms with Crippen LogP contribution < -0.4 is 4.90 Å². The van der Waals surface area contributed by atoms with Gasteiger partial charge in [-0.1, -0.05) is 0 Å². The molecule has 1 N–H and O–H groups in total. The zero-order chi connectivity index (χ0) is 11.9. The van der Waals surface area contributed by atoms with E-state index in [1.54, 1.807) is 11.9 Å². The third-order valence-corrected chi connectivity index (χ3v) is 2.71. The van der Waals surface area contributed by atoms with E-state index in [0.29, 0.717) is 18.7 Å². The van der Waals surface area contributed by atoms with Gasteiger partial charge in [0, 0.05) is 19.7 Å². The standard InChI is InChI=1S/C10H10N2O4/c1-11-3-2-6-4-7(10(13)14)5-8(9(6)11)12(15)16/h4-5H,2-3H2,1H3,(H,13,14). The molecule has 0 saturated heterocycles. The first kappa shape index (κ1) is 10.4. The van der Waals surface area contributed by atoms with Gasteiger partial charge in [0.25, 0.3) is 5.69 Å². The van der Waals surface area contributed by atoms with E-state index in [4.69, 9.17) is 5.11 Å². The monoisotopic (exact) mass is 222 g/mol. The van der Waals surface area contributed by atoms with Crippen molar-refractivity contribution in [3.8, 4) is 0 Å². The third-order valence-electron chi connectivity index (χ3n) is 2.71. The highest BCUT2D eigenvalue weighted by atomic mass is 16.6. The first-order chi connectivity index (χ1) is 7.50. The summed E-state index contributed by atoms with van der Waals surface area (Å²) in [6, 6.07) is 2.62. The Morgan fingerprint density at radius 1 is 1.56 bits per heavy atom. The molecular formula is C10H10N2O4. The number of carbonyl (C=O) groups is 1. The number of fused-ring (bicyclic) bond motifs is 1. The number of nitro groups is 1. The SMILES string of the molecule is CN1CCc2cc(C(=O)O)cc([N+](=O)[O-])c21. The van der Waals surface area contributed by atoms with Crippen molar-refractivity contribution in [3.63, 3.8) is 0 Å². The molecule has 0 saturated carbocycles. The Labute approximate surface area is 91.3 Å². The Kier molecular flexibility index (Phi) is 2.26. The topological polar surface area (TPSA) is 83.7 Å². The summed E-state index contributed by atoms with van der Waals surface area (Å²) in [5, 5.41) is 19.7. The van der Waals surface area contributed by atoms with Crippen LogP contribution in [0.3, 0.4) is 0 Å². The van der Waals surface area contributed by atoms with Crippen molar-refractivity contribution in [1.82, 2.24) is 0 Å². The number of carboxylic acid groups (broad SMARTS) is 1. The first-order valence-electron chi connectivity index (χ1n) is 4.76. The van der Waals surface area contributed by atoms with Crippen molar-refractivity contribution in [3.05, 3.63) is 33.4 Å². The smallest absolute Gasteiger partial charge is 0.335 e. The lowest BCUT2D eigenvalue weighted by Gasteiger charge is -2.12. The lowest BCUT2D eigenvalue weighted by atomic mass is 10.1. The van der Waals surface area contributed by atoms with Crippen LogP contribution in [-0.2, 0) is 6.42 Å². The largest absolute Gasteiger partial charge is 0.478 e. The van der Waals surface area contributed by atoms with Gasteiger partial charge in [-0.3, -0.25) is 10.1 Å². The average molecular weight is 222 g/mol. The zero-order valence-corrected chi connectivity index (χ0v) is 8.64. The average Bonchev–Trinajstić information content (AvgIpc) is 2.59. The van der Waals surface area contributed by atoms with Gasteiger partial charge in [-0.2, -0.15) is 0 Å². The summed E-state index contributed by atoms with van der Waals surface area (Å²) in [6.07, 6.45) is 0.647. The first-order valence-corrected chi connectivity index (χ1v) is 4.76. The summed E-state index contributed by atoms with van der Waals surface area (Å²) < 4.78 is 0. The summed E-state index contributed by atoms with van der Waals surface area (Å²) in [7, 11) is 1.76. The van der Waals surface area contributed by atoms with Gasteiger partial charge in [-0.05, 0) is 18.1 Å². The summed E-state index contributed by atoms with van der Waals surface area (Å²) in [6.45, 7) is 0.680. The van der Waals surface area contributed by atoms with Gasteiger partial charge in [0.2, 0.25) is 0 Å². The third kappa shape index (κ3) is 1.48. The van der Waals surface area contributed by atoms with Crippen molar-refractivity contribution in [2.24, 2.45) is 0 Å². The van der Waals surface area contributed by atoms with Crippen molar-refractivity contribution >= 4 is 17.3 Å². The second kappa shape index (κ2) is 3.48. The molecule has 0 aromatic heterocycles. The number of anilines is 1. The zero-order valence-electron chi connectivity index (χ0n) is 8.64. The molecule has 1 aromatic carbocycles. The van der Waals surface area contributed by atoms with Gasteiger partial charge < -0.3 is 10.0 Å². The fourth-order valence-electron chi connectivity index (χ4n) is 1.97. The maximum atomic E-state index is 10.9. The molecule has 0 unspecified atom stereocenters. The Hall–Kier alpha value is -2.11. The van der Waals surface area contributed by atoms with Gasteiger partial charge in [0.1, 0.15) is 5.69 Å². The molecule has 1 aromatic rings. The van der Waals surface area contributed by atoms with Crippen LogP contribution in [0.2, 0.25) is 0 Å². The Balaban J connectivity index is 2.66. The molecule has 1 aliphatic rings. The summed E-state index contributed by atoms with van der Waals surface area (Å²) >= 11 is 0. The molecule has 0 bridgehead atoms. The maximum absolute atomic E-state index is 10.9. The minimum absolute atomic E-state index is 0.0271. The Bertz CT molecular complexity index is 484. The quantitative estimate of drug-likeness (QED) is 0.602. The Morgan fingerprint density at radius 2 is 2.25 bits per heavy atom. The number of hydrogen-bond acceptors (Lipinski definition) is 4.